The maximum Gasteiger partial charge on any atom is 0.342 e. The normalized spacial score (nSPS) is 10.4. The molecule has 0 aliphatic heterocycles. The molecule has 5 N–H and O–H groups in total. The van der Waals surface area contributed by atoms with Gasteiger partial charge in [-0.25, -0.2) is 9.59 Å². The molecule has 1 aromatic carbocycles. The van der Waals surface area contributed by atoms with E-state index >= 15 is 0 Å². The summed E-state index contributed by atoms with van der Waals surface area (Å²) in [5, 5.41) is 18.7. The minimum Gasteiger partial charge on any atom is -0.508 e. The van der Waals surface area contributed by atoms with Crippen LogP contribution in [0.4, 0.5) is 5.82 Å². The number of carbonyl (C=O) groups is 2. The van der Waals surface area contributed by atoms with Gasteiger partial charge in [0.05, 0.1) is 0 Å². The average molecular weight is 335 g/mol. The lowest BCUT2D eigenvalue weighted by atomic mass is 10.2. The Bertz CT molecular complexity index is 942. The minimum absolute atomic E-state index is 0.260. The fraction of sp³-hybridized carbons (Fsp3) is 0.143. The summed E-state index contributed by atoms with van der Waals surface area (Å²) in [6, 6.07) is 3.17. The van der Waals surface area contributed by atoms with Crippen LogP contribution in [0.2, 0.25) is 0 Å². The number of benzene rings is 1. The Kier molecular flexibility index (Phi) is 4.40. The average Bonchev–Trinajstić information content (AvgIpc) is 2.50. The number of anilines is 1. The first-order valence-corrected chi connectivity index (χ1v) is 6.53. The second-order valence-corrected chi connectivity index (χ2v) is 4.78. The Morgan fingerprint density at radius 2 is 1.96 bits per heavy atom. The highest BCUT2D eigenvalue weighted by Crippen LogP contribution is 2.23. The minimum atomic E-state index is -1.04. The van der Waals surface area contributed by atoms with E-state index in [1.54, 1.807) is 0 Å². The van der Waals surface area contributed by atoms with Gasteiger partial charge in [-0.3, -0.25) is 19.1 Å². The molecule has 10 nitrogen and oxygen atoms in total. The fourth-order valence-corrected chi connectivity index (χ4v) is 1.88. The highest BCUT2D eigenvalue weighted by molar-refractivity contribution is 6.02. The van der Waals surface area contributed by atoms with Gasteiger partial charge in [-0.2, -0.15) is 0 Å². The van der Waals surface area contributed by atoms with E-state index in [1.807, 2.05) is 4.98 Å². The van der Waals surface area contributed by atoms with E-state index < -0.39 is 40.9 Å². The number of esters is 1. The summed E-state index contributed by atoms with van der Waals surface area (Å²) in [6.45, 7) is -0.829. The molecule has 2 rings (SSSR count). The van der Waals surface area contributed by atoms with Gasteiger partial charge in [0.1, 0.15) is 28.4 Å². The van der Waals surface area contributed by atoms with Crippen LogP contribution in [-0.2, 0) is 11.8 Å². The van der Waals surface area contributed by atoms with Crippen molar-refractivity contribution in [2.45, 2.75) is 0 Å². The lowest BCUT2D eigenvalue weighted by molar-refractivity contribution is 0.0471. The molecule has 1 aromatic heterocycles. The number of hydrogen-bond donors (Lipinski definition) is 4. The molecule has 24 heavy (non-hydrogen) atoms. The predicted octanol–water partition coefficient (Wildman–Crippen LogP) is -0.893. The van der Waals surface area contributed by atoms with Gasteiger partial charge in [-0.1, -0.05) is 0 Å². The van der Waals surface area contributed by atoms with Crippen LogP contribution >= 0.6 is 0 Å². The third kappa shape index (κ3) is 3.11. The number of ether oxygens (including phenoxy) is 1. The maximum absolute atomic E-state index is 12.0. The number of phenolic OH excluding ortho intramolecular Hbond substituents is 2. The van der Waals surface area contributed by atoms with Gasteiger partial charge in [0.25, 0.3) is 5.56 Å². The van der Waals surface area contributed by atoms with Crippen LogP contribution in [0.1, 0.15) is 20.7 Å². The number of aromatic nitrogens is 2. The Morgan fingerprint density at radius 3 is 2.58 bits per heavy atom. The van der Waals surface area contributed by atoms with Crippen molar-refractivity contribution in [3.63, 3.8) is 0 Å². The molecule has 0 atom stereocenters. The molecule has 126 valence electrons. The van der Waals surface area contributed by atoms with E-state index in [2.05, 4.69) is 0 Å². The van der Waals surface area contributed by atoms with Crippen LogP contribution in [0.3, 0.4) is 0 Å². The van der Waals surface area contributed by atoms with Crippen molar-refractivity contribution in [1.29, 1.82) is 0 Å². The van der Waals surface area contributed by atoms with Crippen molar-refractivity contribution >= 4 is 17.6 Å². The molecule has 0 bridgehead atoms. The summed E-state index contributed by atoms with van der Waals surface area (Å²) in [5.41, 5.74) is 2.98. The van der Waals surface area contributed by atoms with Gasteiger partial charge < -0.3 is 20.7 Å². The van der Waals surface area contributed by atoms with Crippen LogP contribution in [-0.4, -0.2) is 38.1 Å². The topological polar surface area (TPSA) is 165 Å². The Labute approximate surface area is 133 Å². The van der Waals surface area contributed by atoms with E-state index in [9.17, 15) is 24.3 Å². The van der Waals surface area contributed by atoms with Crippen molar-refractivity contribution in [3.8, 4) is 11.5 Å². The third-order valence-electron chi connectivity index (χ3n) is 3.18. The zero-order valence-electron chi connectivity index (χ0n) is 12.4. The molecule has 0 saturated carbocycles. The fourth-order valence-electron chi connectivity index (χ4n) is 1.88. The van der Waals surface area contributed by atoms with Gasteiger partial charge in [-0.15, -0.1) is 0 Å². The standard InChI is InChI=1S/C14H13N3O7/c1-17-11(15)10(12(21)16-14(17)23)9(20)5-24-13(22)7-3-2-6(18)4-8(7)19/h2-4,18-19H,5,15H2,1H3,(H,16,21,23). The molecule has 0 aliphatic carbocycles. The van der Waals surface area contributed by atoms with Crippen LogP contribution in [0.5, 0.6) is 11.5 Å². The zero-order chi connectivity index (χ0) is 18.0. The summed E-state index contributed by atoms with van der Waals surface area (Å²) in [6.07, 6.45) is 0. The summed E-state index contributed by atoms with van der Waals surface area (Å²) in [5.74, 6) is -3.12. The second-order valence-electron chi connectivity index (χ2n) is 4.78. The van der Waals surface area contributed by atoms with Gasteiger partial charge in [-0.05, 0) is 12.1 Å². The van der Waals surface area contributed by atoms with Gasteiger partial charge in [0, 0.05) is 13.1 Å². The quantitative estimate of drug-likeness (QED) is 0.412. The first kappa shape index (κ1) is 16.8. The first-order valence-electron chi connectivity index (χ1n) is 6.53. The molecule has 0 spiro atoms. The summed E-state index contributed by atoms with van der Waals surface area (Å²) < 4.78 is 5.58. The van der Waals surface area contributed by atoms with Crippen LogP contribution in [0.25, 0.3) is 0 Å². The van der Waals surface area contributed by atoms with Crippen molar-refractivity contribution in [2.24, 2.45) is 7.05 Å². The molecule has 0 unspecified atom stereocenters. The molecular weight excluding hydrogens is 322 g/mol. The SMILES string of the molecule is Cn1c(N)c(C(=O)COC(=O)c2ccc(O)cc2O)c(=O)[nH]c1=O. The first-order chi connectivity index (χ1) is 11.2. The highest BCUT2D eigenvalue weighted by Gasteiger charge is 2.21. The Balaban J connectivity index is 2.20. The van der Waals surface area contributed by atoms with Crippen molar-refractivity contribution in [1.82, 2.24) is 9.55 Å². The van der Waals surface area contributed by atoms with E-state index in [-0.39, 0.29) is 17.1 Å². The second kappa shape index (κ2) is 6.28. The molecule has 1 heterocycles. The number of nitrogens with one attached hydrogen (secondary N) is 1. The highest BCUT2D eigenvalue weighted by atomic mass is 16.5. The van der Waals surface area contributed by atoms with Gasteiger partial charge >= 0.3 is 11.7 Å². The number of aromatic amines is 1. The number of nitrogen functional groups attached to an aromatic ring is 1. The lowest BCUT2D eigenvalue weighted by Gasteiger charge is -2.09. The zero-order valence-corrected chi connectivity index (χ0v) is 12.4. The number of rotatable bonds is 4. The number of phenols is 2. The van der Waals surface area contributed by atoms with E-state index in [4.69, 9.17) is 15.6 Å². The molecule has 0 aliphatic rings. The largest absolute Gasteiger partial charge is 0.508 e. The van der Waals surface area contributed by atoms with Gasteiger partial charge in [0.15, 0.2) is 6.61 Å². The van der Waals surface area contributed by atoms with E-state index in [0.29, 0.717) is 0 Å². The van der Waals surface area contributed by atoms with E-state index in [0.717, 1.165) is 22.8 Å². The van der Waals surface area contributed by atoms with Crippen molar-refractivity contribution in [3.05, 3.63) is 50.2 Å². The maximum atomic E-state index is 12.0. The number of ketones is 1. The summed E-state index contributed by atoms with van der Waals surface area (Å²) in [4.78, 5) is 48.8. The number of aromatic hydroxyl groups is 2. The molecule has 0 radical (unpaired) electrons. The summed E-state index contributed by atoms with van der Waals surface area (Å²) >= 11 is 0. The van der Waals surface area contributed by atoms with Crippen LogP contribution < -0.4 is 17.0 Å². The molecule has 0 amide bonds. The summed E-state index contributed by atoms with van der Waals surface area (Å²) in [7, 11) is 1.25. The number of nitrogens with zero attached hydrogens (tertiary/aromatic N) is 1. The molecule has 2 aromatic rings. The molecular formula is C14H13N3O7. The third-order valence-corrected chi connectivity index (χ3v) is 3.18. The number of nitrogens with two attached hydrogens (primary N) is 1. The Hall–Kier alpha value is -3.56. The smallest absolute Gasteiger partial charge is 0.342 e. The van der Waals surface area contributed by atoms with Gasteiger partial charge in [0.2, 0.25) is 5.78 Å². The predicted molar refractivity (Wildman–Crippen MR) is 81.1 cm³/mol. The van der Waals surface area contributed by atoms with Crippen molar-refractivity contribution < 1.29 is 24.5 Å². The number of carbonyl (C=O) groups excluding carboxylic acids is 2. The molecule has 0 saturated heterocycles. The van der Waals surface area contributed by atoms with Crippen LogP contribution in [0, 0.1) is 0 Å². The number of Topliss-reactive ketones (excluding diaryl/α,β-unsaturated/α-hetero) is 1. The van der Waals surface area contributed by atoms with Crippen molar-refractivity contribution in [2.75, 3.05) is 12.3 Å². The Morgan fingerprint density at radius 1 is 1.29 bits per heavy atom. The number of H-pyrrole nitrogens is 1. The van der Waals surface area contributed by atoms with E-state index in [1.165, 1.54) is 7.05 Å². The monoisotopic (exact) mass is 335 g/mol. The molecule has 0 fully saturated rings. The van der Waals surface area contributed by atoms with Crippen LogP contribution in [0.15, 0.2) is 27.8 Å². The lowest BCUT2D eigenvalue weighted by Crippen LogP contribution is -2.35. The molecule has 10 heteroatoms. The number of hydrogen-bond acceptors (Lipinski definition) is 8.